The van der Waals surface area contributed by atoms with Gasteiger partial charge in [0, 0.05) is 12.1 Å². The molecule has 1 saturated carbocycles. The van der Waals surface area contributed by atoms with Crippen LogP contribution in [-0.2, 0) is 10.0 Å². The van der Waals surface area contributed by atoms with Crippen molar-refractivity contribution in [2.24, 2.45) is 5.41 Å². The van der Waals surface area contributed by atoms with E-state index in [1.807, 2.05) is 13.8 Å². The highest BCUT2D eigenvalue weighted by Crippen LogP contribution is 2.58. The van der Waals surface area contributed by atoms with Crippen molar-refractivity contribution in [3.63, 3.8) is 0 Å². The number of aromatic nitrogens is 2. The molecule has 1 fully saturated rings. The molecule has 0 bridgehead atoms. The summed E-state index contributed by atoms with van der Waals surface area (Å²) < 4.78 is 60.1. The first kappa shape index (κ1) is 18.7. The molecule has 0 amide bonds. The monoisotopic (exact) mass is 405 g/mol. The van der Waals surface area contributed by atoms with Gasteiger partial charge in [-0.1, -0.05) is 37.2 Å². The molecule has 28 heavy (non-hydrogen) atoms. The minimum atomic E-state index is -3.71. The van der Waals surface area contributed by atoms with E-state index in [0.29, 0.717) is 0 Å². The van der Waals surface area contributed by atoms with Crippen molar-refractivity contribution in [3.8, 4) is 11.4 Å². The van der Waals surface area contributed by atoms with E-state index >= 15 is 0 Å². The first-order valence-electron chi connectivity index (χ1n) is 8.56. The van der Waals surface area contributed by atoms with Crippen molar-refractivity contribution >= 4 is 10.0 Å². The van der Waals surface area contributed by atoms with Crippen molar-refractivity contribution < 1.29 is 21.7 Å². The van der Waals surface area contributed by atoms with Gasteiger partial charge in [-0.3, -0.25) is 0 Å². The predicted molar refractivity (Wildman–Crippen MR) is 96.7 cm³/mol. The second-order valence-corrected chi connectivity index (χ2v) is 9.01. The average Bonchev–Trinajstić information content (AvgIpc) is 2.96. The van der Waals surface area contributed by atoms with Gasteiger partial charge < -0.3 is 4.52 Å². The van der Waals surface area contributed by atoms with Crippen LogP contribution in [0, 0.1) is 17.0 Å². The van der Waals surface area contributed by atoms with Gasteiger partial charge in [0.15, 0.2) is 0 Å². The van der Waals surface area contributed by atoms with Crippen molar-refractivity contribution in [2.45, 2.75) is 30.7 Å². The number of sulfonamides is 1. The molecule has 0 spiro atoms. The average molecular weight is 405 g/mol. The number of nitrogens with one attached hydrogen (secondary N) is 1. The van der Waals surface area contributed by atoms with E-state index in [0.717, 1.165) is 12.1 Å². The lowest BCUT2D eigenvalue weighted by Gasteiger charge is -2.07. The number of rotatable bonds is 5. The Morgan fingerprint density at radius 2 is 1.82 bits per heavy atom. The molecule has 1 N–H and O–H groups in total. The van der Waals surface area contributed by atoms with Crippen LogP contribution in [0.5, 0.6) is 0 Å². The SMILES string of the molecule is CC1(C)[C@H](c2nc(-c3ccc(F)cc3F)no2)[C@@H]1NS(=O)(=O)c1ccccc1. The van der Waals surface area contributed by atoms with Gasteiger partial charge in [-0.2, -0.15) is 4.98 Å². The highest BCUT2D eigenvalue weighted by molar-refractivity contribution is 7.89. The number of benzene rings is 2. The molecule has 0 radical (unpaired) electrons. The number of hydrogen-bond donors (Lipinski definition) is 1. The summed E-state index contributed by atoms with van der Waals surface area (Å²) in [7, 11) is -3.71. The summed E-state index contributed by atoms with van der Waals surface area (Å²) in [6.07, 6.45) is 0. The van der Waals surface area contributed by atoms with Gasteiger partial charge in [-0.05, 0) is 29.7 Å². The minimum absolute atomic E-state index is 0.0104. The second kappa shape index (κ2) is 6.46. The molecule has 1 heterocycles. The summed E-state index contributed by atoms with van der Waals surface area (Å²) in [6, 6.07) is 10.7. The summed E-state index contributed by atoms with van der Waals surface area (Å²) in [4.78, 5) is 4.37. The lowest BCUT2D eigenvalue weighted by Crippen LogP contribution is -2.29. The van der Waals surface area contributed by atoms with Crippen molar-refractivity contribution in [1.82, 2.24) is 14.9 Å². The summed E-state index contributed by atoms with van der Waals surface area (Å²) in [5.74, 6) is -1.69. The predicted octanol–water partition coefficient (Wildman–Crippen LogP) is 3.49. The van der Waals surface area contributed by atoms with Crippen LogP contribution >= 0.6 is 0 Å². The van der Waals surface area contributed by atoms with E-state index in [2.05, 4.69) is 14.9 Å². The van der Waals surface area contributed by atoms with E-state index in [1.165, 1.54) is 18.2 Å². The van der Waals surface area contributed by atoms with Crippen LogP contribution in [0.15, 0.2) is 57.9 Å². The fourth-order valence-corrected chi connectivity index (χ4v) is 4.72. The molecule has 1 aliphatic carbocycles. The molecule has 2 aromatic carbocycles. The Bertz CT molecular complexity index is 1130. The van der Waals surface area contributed by atoms with E-state index in [9.17, 15) is 17.2 Å². The van der Waals surface area contributed by atoms with Crippen LogP contribution in [0.3, 0.4) is 0 Å². The van der Waals surface area contributed by atoms with Gasteiger partial charge in [0.2, 0.25) is 21.7 Å². The third-order valence-corrected chi connectivity index (χ3v) is 6.50. The molecule has 9 heteroatoms. The summed E-state index contributed by atoms with van der Waals surface area (Å²) >= 11 is 0. The van der Waals surface area contributed by atoms with Gasteiger partial charge in [0.1, 0.15) is 11.6 Å². The van der Waals surface area contributed by atoms with Crippen molar-refractivity contribution in [2.75, 3.05) is 0 Å². The van der Waals surface area contributed by atoms with Crippen LogP contribution in [0.2, 0.25) is 0 Å². The van der Waals surface area contributed by atoms with Crippen molar-refractivity contribution in [1.29, 1.82) is 0 Å². The third kappa shape index (κ3) is 3.20. The molecule has 3 aromatic rings. The molecule has 6 nitrogen and oxygen atoms in total. The minimum Gasteiger partial charge on any atom is -0.339 e. The number of hydrogen-bond acceptors (Lipinski definition) is 5. The van der Waals surface area contributed by atoms with Gasteiger partial charge >= 0.3 is 0 Å². The van der Waals surface area contributed by atoms with Crippen molar-refractivity contribution in [3.05, 3.63) is 66.1 Å². The molecule has 146 valence electrons. The summed E-state index contributed by atoms with van der Waals surface area (Å²) in [5, 5.41) is 3.77. The fraction of sp³-hybridized carbons (Fsp3) is 0.263. The fourth-order valence-electron chi connectivity index (χ4n) is 3.30. The molecule has 2 atom stereocenters. The Morgan fingerprint density at radius 1 is 1.11 bits per heavy atom. The van der Waals surface area contributed by atoms with Crippen LogP contribution < -0.4 is 4.72 Å². The van der Waals surface area contributed by atoms with E-state index < -0.39 is 33.1 Å². The Hall–Kier alpha value is -2.65. The van der Waals surface area contributed by atoms with Crippen LogP contribution in [0.1, 0.15) is 25.7 Å². The van der Waals surface area contributed by atoms with Gasteiger partial charge in [0.25, 0.3) is 0 Å². The molecule has 1 aliphatic rings. The first-order chi connectivity index (χ1) is 13.2. The topological polar surface area (TPSA) is 85.1 Å². The summed E-state index contributed by atoms with van der Waals surface area (Å²) in [5.41, 5.74) is -0.455. The molecular weight excluding hydrogens is 388 g/mol. The normalized spacial score (nSPS) is 20.9. The van der Waals surface area contributed by atoms with Crippen LogP contribution in [0.4, 0.5) is 8.78 Å². The Kier molecular flexibility index (Phi) is 4.31. The van der Waals surface area contributed by atoms with Gasteiger partial charge in [-0.25, -0.2) is 21.9 Å². The third-order valence-electron chi connectivity index (χ3n) is 5.04. The summed E-state index contributed by atoms with van der Waals surface area (Å²) in [6.45, 7) is 3.75. The molecule has 0 unspecified atom stereocenters. The van der Waals surface area contributed by atoms with Crippen LogP contribution in [-0.4, -0.2) is 24.6 Å². The van der Waals surface area contributed by atoms with Gasteiger partial charge in [0.05, 0.1) is 16.4 Å². The molecule has 0 aliphatic heterocycles. The van der Waals surface area contributed by atoms with Crippen LogP contribution in [0.25, 0.3) is 11.4 Å². The zero-order valence-electron chi connectivity index (χ0n) is 15.1. The van der Waals surface area contributed by atoms with E-state index in [-0.39, 0.29) is 28.1 Å². The number of nitrogens with zero attached hydrogens (tertiary/aromatic N) is 2. The largest absolute Gasteiger partial charge is 0.339 e. The highest BCUT2D eigenvalue weighted by Gasteiger charge is 2.63. The Balaban J connectivity index is 1.58. The highest BCUT2D eigenvalue weighted by atomic mass is 32.2. The molecular formula is C19H17F2N3O3S. The molecule has 1 aromatic heterocycles. The molecule has 4 rings (SSSR count). The zero-order valence-corrected chi connectivity index (χ0v) is 15.9. The zero-order chi connectivity index (χ0) is 20.1. The Labute approximate surface area is 160 Å². The lowest BCUT2D eigenvalue weighted by atomic mass is 10.1. The maximum atomic E-state index is 13.9. The maximum Gasteiger partial charge on any atom is 0.240 e. The standard InChI is InChI=1S/C19H17F2N3O3S/c1-19(2)15(16(19)24-28(25,26)12-6-4-3-5-7-12)18-22-17(23-27-18)13-9-8-11(20)10-14(13)21/h3-10,15-16,24H,1-2H3/t15-,16-/m0/s1. The first-order valence-corrected chi connectivity index (χ1v) is 10.0. The smallest absolute Gasteiger partial charge is 0.240 e. The number of halogens is 2. The quantitative estimate of drug-likeness (QED) is 0.702. The maximum absolute atomic E-state index is 13.9. The molecule has 0 saturated heterocycles. The Morgan fingerprint density at radius 3 is 2.50 bits per heavy atom. The van der Waals surface area contributed by atoms with E-state index in [4.69, 9.17) is 4.52 Å². The second-order valence-electron chi connectivity index (χ2n) is 7.29. The van der Waals surface area contributed by atoms with Gasteiger partial charge in [-0.15, -0.1) is 0 Å². The lowest BCUT2D eigenvalue weighted by molar-refractivity contribution is 0.367. The van der Waals surface area contributed by atoms with E-state index in [1.54, 1.807) is 18.2 Å².